The monoisotopic (exact) mass is 165 g/mol. The van der Waals surface area contributed by atoms with Crippen molar-refractivity contribution in [2.45, 2.75) is 20.0 Å². The smallest absolute Gasteiger partial charge is 0.120 e. The molecule has 66 valence electrons. The first-order valence-corrected chi connectivity index (χ1v) is 4.11. The Hall–Kier alpha value is -1.02. The van der Waals surface area contributed by atoms with Crippen LogP contribution in [-0.4, -0.2) is 6.10 Å². The van der Waals surface area contributed by atoms with Crippen molar-refractivity contribution in [3.63, 3.8) is 0 Å². The van der Waals surface area contributed by atoms with Crippen LogP contribution in [0.2, 0.25) is 0 Å². The second kappa shape index (κ2) is 4.12. The van der Waals surface area contributed by atoms with Crippen molar-refractivity contribution < 1.29 is 10.1 Å². The molecule has 2 heteroatoms. The first kappa shape index (κ1) is 9.07. The molecule has 1 aromatic carbocycles. The Morgan fingerprint density at radius 1 is 1.25 bits per heavy atom. The van der Waals surface area contributed by atoms with Gasteiger partial charge in [-0.3, -0.25) is 0 Å². The van der Waals surface area contributed by atoms with Crippen molar-refractivity contribution >= 4 is 5.69 Å². The Labute approximate surface area is 73.6 Å². The molecule has 0 radical (unpaired) electrons. The van der Waals surface area contributed by atoms with Gasteiger partial charge in [0.05, 0.1) is 6.10 Å². The molecule has 1 aromatic rings. The van der Waals surface area contributed by atoms with Gasteiger partial charge in [-0.2, -0.15) is 0 Å². The molecule has 0 aliphatic carbocycles. The quantitative estimate of drug-likeness (QED) is 0.532. The van der Waals surface area contributed by atoms with E-state index in [9.17, 15) is 0 Å². The molecule has 1 rings (SSSR count). The summed E-state index contributed by atoms with van der Waals surface area (Å²) >= 11 is 0. The average Bonchev–Trinajstić information content (AvgIpc) is 2.05. The molecule has 2 N–H and O–H groups in total. The lowest BCUT2D eigenvalue weighted by Crippen LogP contribution is -2.69. The first-order chi connectivity index (χ1) is 5.72. The van der Waals surface area contributed by atoms with Crippen molar-refractivity contribution in [1.29, 1.82) is 0 Å². The predicted octanol–water partition coefficient (Wildman–Crippen LogP) is 1.46. The number of quaternary nitrogens is 1. The maximum Gasteiger partial charge on any atom is 0.120 e. The van der Waals surface area contributed by atoms with Gasteiger partial charge in [-0.1, -0.05) is 0 Å². The summed E-state index contributed by atoms with van der Waals surface area (Å²) in [5, 5.41) is 1.82. The minimum Gasteiger partial charge on any atom is -0.491 e. The molecule has 12 heavy (non-hydrogen) atoms. The standard InChI is InChI=1S/C10H15NO/c1-8(2)12-10-6-4-9(11-3)5-7-10/h4-8H,3,11H2,1-2H3. The molecule has 0 saturated carbocycles. The van der Waals surface area contributed by atoms with Crippen LogP contribution >= 0.6 is 0 Å². The summed E-state index contributed by atoms with van der Waals surface area (Å²) < 4.78 is 5.48. The van der Waals surface area contributed by atoms with E-state index in [1.54, 1.807) is 0 Å². The number of ether oxygens (including phenoxy) is 1. The highest BCUT2D eigenvalue weighted by atomic mass is 16.5. The summed E-state index contributed by atoms with van der Waals surface area (Å²) in [4.78, 5) is 0. The van der Waals surface area contributed by atoms with E-state index in [2.05, 4.69) is 7.05 Å². The molecule has 2 nitrogen and oxygen atoms in total. The minimum absolute atomic E-state index is 0.236. The van der Waals surface area contributed by atoms with Crippen molar-refractivity contribution in [3.8, 4) is 5.75 Å². The molecule has 0 aliphatic heterocycles. The number of hydrogen-bond donors (Lipinski definition) is 1. The van der Waals surface area contributed by atoms with Crippen LogP contribution in [0.15, 0.2) is 24.3 Å². The Balaban J connectivity index is 2.65. The lowest BCUT2D eigenvalue weighted by Gasteiger charge is -2.09. The van der Waals surface area contributed by atoms with Crippen molar-refractivity contribution in [2.24, 2.45) is 0 Å². The highest BCUT2D eigenvalue weighted by Gasteiger charge is 1.96. The minimum atomic E-state index is 0.236. The van der Waals surface area contributed by atoms with E-state index in [-0.39, 0.29) is 6.10 Å². The largest absolute Gasteiger partial charge is 0.491 e. The second-order valence-electron chi connectivity index (χ2n) is 2.94. The summed E-state index contributed by atoms with van der Waals surface area (Å²) in [6.45, 7) is 4.03. The Morgan fingerprint density at radius 3 is 2.25 bits per heavy atom. The summed E-state index contributed by atoms with van der Waals surface area (Å²) in [6.07, 6.45) is 0.236. The molecule has 0 saturated heterocycles. The molecule has 0 spiro atoms. The molecule has 0 heterocycles. The van der Waals surface area contributed by atoms with Gasteiger partial charge < -0.3 is 10.1 Å². The molecular formula is C10H15NO. The number of benzene rings is 1. The van der Waals surface area contributed by atoms with Crippen molar-refractivity contribution in [1.82, 2.24) is 0 Å². The van der Waals surface area contributed by atoms with E-state index < -0.39 is 0 Å². The van der Waals surface area contributed by atoms with Gasteiger partial charge in [0.25, 0.3) is 0 Å². The van der Waals surface area contributed by atoms with Gasteiger partial charge in [0.2, 0.25) is 0 Å². The van der Waals surface area contributed by atoms with Gasteiger partial charge in [0, 0.05) is 12.1 Å². The van der Waals surface area contributed by atoms with Crippen LogP contribution in [-0.2, 0) is 0 Å². The van der Waals surface area contributed by atoms with Crippen LogP contribution in [0, 0.1) is 7.05 Å². The van der Waals surface area contributed by atoms with Crippen LogP contribution in [0.25, 0.3) is 0 Å². The van der Waals surface area contributed by atoms with Gasteiger partial charge in [-0.15, -0.1) is 7.05 Å². The zero-order valence-corrected chi connectivity index (χ0v) is 7.58. The summed E-state index contributed by atoms with van der Waals surface area (Å²) in [5.41, 5.74) is 1.12. The normalized spacial score (nSPS) is 10.3. The predicted molar refractivity (Wildman–Crippen MR) is 49.1 cm³/mol. The summed E-state index contributed by atoms with van der Waals surface area (Å²) in [7, 11) is 3.68. The molecule has 0 aromatic heterocycles. The van der Waals surface area contributed by atoms with Gasteiger partial charge in [0.1, 0.15) is 11.4 Å². The Kier molecular flexibility index (Phi) is 3.11. The van der Waals surface area contributed by atoms with Crippen LogP contribution in [0.4, 0.5) is 5.69 Å². The molecular weight excluding hydrogens is 150 g/mol. The fourth-order valence-electron chi connectivity index (χ4n) is 0.955. The maximum absolute atomic E-state index is 5.48. The third kappa shape index (κ3) is 2.55. The van der Waals surface area contributed by atoms with E-state index in [0.29, 0.717) is 0 Å². The summed E-state index contributed by atoms with van der Waals surface area (Å²) in [5.74, 6) is 0.913. The van der Waals surface area contributed by atoms with Crippen LogP contribution in [0.5, 0.6) is 5.75 Å². The molecule has 0 atom stereocenters. The molecule has 0 bridgehead atoms. The second-order valence-corrected chi connectivity index (χ2v) is 2.94. The van der Waals surface area contributed by atoms with E-state index in [1.807, 2.05) is 43.4 Å². The fourth-order valence-corrected chi connectivity index (χ4v) is 0.955. The third-order valence-electron chi connectivity index (χ3n) is 1.49. The van der Waals surface area contributed by atoms with Crippen LogP contribution < -0.4 is 10.1 Å². The van der Waals surface area contributed by atoms with Gasteiger partial charge in [-0.05, 0) is 26.0 Å². The van der Waals surface area contributed by atoms with Crippen molar-refractivity contribution in [3.05, 3.63) is 31.3 Å². The first-order valence-electron chi connectivity index (χ1n) is 4.11. The van der Waals surface area contributed by atoms with Gasteiger partial charge >= 0.3 is 0 Å². The highest BCUT2D eigenvalue weighted by molar-refractivity contribution is 5.35. The average molecular weight is 165 g/mol. The molecule has 0 aliphatic rings. The lowest BCUT2D eigenvalue weighted by molar-refractivity contribution is -0.504. The number of rotatable bonds is 3. The molecule has 0 amide bonds. The lowest BCUT2D eigenvalue weighted by atomic mass is 10.3. The zero-order valence-electron chi connectivity index (χ0n) is 7.58. The van der Waals surface area contributed by atoms with Crippen LogP contribution in [0.3, 0.4) is 0 Å². The van der Waals surface area contributed by atoms with Gasteiger partial charge in [0.15, 0.2) is 0 Å². The summed E-state index contributed by atoms with van der Waals surface area (Å²) in [6, 6.07) is 7.89. The topological polar surface area (TPSA) is 25.8 Å². The SMILES string of the molecule is [CH2-][NH2+]c1ccc(OC(C)C)cc1. The van der Waals surface area contributed by atoms with E-state index in [4.69, 9.17) is 4.74 Å². The van der Waals surface area contributed by atoms with E-state index in [0.717, 1.165) is 11.4 Å². The zero-order chi connectivity index (χ0) is 8.97. The molecule has 0 unspecified atom stereocenters. The van der Waals surface area contributed by atoms with E-state index in [1.165, 1.54) is 0 Å². The Bertz CT molecular complexity index is 228. The van der Waals surface area contributed by atoms with Crippen molar-refractivity contribution in [2.75, 3.05) is 0 Å². The third-order valence-corrected chi connectivity index (χ3v) is 1.49. The van der Waals surface area contributed by atoms with Crippen LogP contribution in [0.1, 0.15) is 13.8 Å². The fraction of sp³-hybridized carbons (Fsp3) is 0.300. The maximum atomic E-state index is 5.48. The highest BCUT2D eigenvalue weighted by Crippen LogP contribution is 2.13. The van der Waals surface area contributed by atoms with Gasteiger partial charge in [-0.25, -0.2) is 0 Å². The molecule has 0 fully saturated rings. The van der Waals surface area contributed by atoms with E-state index >= 15 is 0 Å². The number of nitrogens with two attached hydrogens (primary N) is 1. The Morgan fingerprint density at radius 2 is 1.83 bits per heavy atom. The number of hydrogen-bond acceptors (Lipinski definition) is 1.